The minimum absolute atomic E-state index is 0.0962. The largest absolute Gasteiger partial charge is 0.380 e. The molecule has 1 aromatic carbocycles. The smallest absolute Gasteiger partial charge is 0.279 e. The molecule has 0 saturated carbocycles. The Morgan fingerprint density at radius 3 is 2.41 bits per heavy atom. The summed E-state index contributed by atoms with van der Waals surface area (Å²) in [5.41, 5.74) is 1.90. The van der Waals surface area contributed by atoms with E-state index in [0.29, 0.717) is 19.7 Å². The average molecular weight is 328 g/mol. The first-order valence-corrected chi connectivity index (χ1v) is 8.82. The molecule has 0 aliphatic carbocycles. The van der Waals surface area contributed by atoms with Crippen LogP contribution >= 0.6 is 0 Å². The quantitative estimate of drug-likeness (QED) is 0.854. The Morgan fingerprint density at radius 2 is 1.82 bits per heavy atom. The molecule has 1 N–H and O–H groups in total. The van der Waals surface area contributed by atoms with Crippen molar-refractivity contribution in [1.82, 2.24) is 9.03 Å². The van der Waals surface area contributed by atoms with E-state index in [9.17, 15) is 8.42 Å². The van der Waals surface area contributed by atoms with Gasteiger partial charge in [-0.2, -0.15) is 17.4 Å². The zero-order valence-corrected chi connectivity index (χ0v) is 14.1. The normalized spacial score (nSPS) is 23.6. The molecule has 0 aromatic heterocycles. The predicted octanol–water partition coefficient (Wildman–Crippen LogP) is 1.28. The third kappa shape index (κ3) is 4.50. The lowest BCUT2D eigenvalue weighted by Crippen LogP contribution is -2.51. The fraction of sp³-hybridized carbons (Fsp3) is 0.600. The van der Waals surface area contributed by atoms with Crippen molar-refractivity contribution in [2.24, 2.45) is 0 Å². The first kappa shape index (κ1) is 17.4. The van der Waals surface area contributed by atoms with E-state index in [1.54, 1.807) is 7.11 Å². The zero-order chi connectivity index (χ0) is 16.2. The molecule has 1 saturated heterocycles. The number of benzene rings is 1. The molecule has 0 unspecified atom stereocenters. The summed E-state index contributed by atoms with van der Waals surface area (Å²) < 4.78 is 39.7. The van der Waals surface area contributed by atoms with Crippen molar-refractivity contribution in [3.63, 3.8) is 0 Å². The molecule has 2 rings (SSSR count). The average Bonchev–Trinajstić information content (AvgIpc) is 2.46. The molecule has 0 spiro atoms. The second-order valence-corrected chi connectivity index (χ2v) is 7.36. The maximum Gasteiger partial charge on any atom is 0.279 e. The summed E-state index contributed by atoms with van der Waals surface area (Å²) in [6.07, 6.45) is -0.192. The Labute approximate surface area is 132 Å². The summed E-state index contributed by atoms with van der Waals surface area (Å²) in [6.45, 7) is 5.22. The van der Waals surface area contributed by atoms with Gasteiger partial charge in [0.25, 0.3) is 10.2 Å². The van der Waals surface area contributed by atoms with Gasteiger partial charge < -0.3 is 9.47 Å². The lowest BCUT2D eigenvalue weighted by atomic mass is 10.1. The molecule has 0 bridgehead atoms. The fourth-order valence-corrected chi connectivity index (χ4v) is 3.95. The number of ether oxygens (including phenoxy) is 2. The molecule has 6 nitrogen and oxygen atoms in total. The van der Waals surface area contributed by atoms with Gasteiger partial charge in [0.2, 0.25) is 0 Å². The van der Waals surface area contributed by atoms with Crippen LogP contribution in [0.1, 0.15) is 25.0 Å². The lowest BCUT2D eigenvalue weighted by Gasteiger charge is -2.34. The first-order chi connectivity index (χ1) is 10.4. The monoisotopic (exact) mass is 328 g/mol. The van der Waals surface area contributed by atoms with Crippen LogP contribution in [0.2, 0.25) is 0 Å². The van der Waals surface area contributed by atoms with Crippen LogP contribution in [0.5, 0.6) is 0 Å². The maximum absolute atomic E-state index is 12.4. The van der Waals surface area contributed by atoms with Gasteiger partial charge in [-0.25, -0.2) is 0 Å². The van der Waals surface area contributed by atoms with Gasteiger partial charge in [-0.1, -0.05) is 24.3 Å². The molecule has 124 valence electrons. The van der Waals surface area contributed by atoms with E-state index in [2.05, 4.69) is 4.72 Å². The highest BCUT2D eigenvalue weighted by molar-refractivity contribution is 7.87. The summed E-state index contributed by atoms with van der Waals surface area (Å²) in [5.74, 6) is 0. The van der Waals surface area contributed by atoms with Gasteiger partial charge in [0.05, 0.1) is 18.8 Å². The molecule has 1 heterocycles. The van der Waals surface area contributed by atoms with Gasteiger partial charge in [0, 0.05) is 26.7 Å². The molecule has 1 fully saturated rings. The molecule has 1 aliphatic heterocycles. The standard InChI is InChI=1S/C15H24N2O4S/c1-12-9-17(10-13(2)21-12)22(18,19)16-8-14-6-4-5-7-15(14)11-20-3/h4-7,12-13,16H,8-11H2,1-3H3/t12-,13-/m1/s1. The van der Waals surface area contributed by atoms with Crippen LogP contribution < -0.4 is 4.72 Å². The summed E-state index contributed by atoms with van der Waals surface area (Å²) in [4.78, 5) is 0. The molecule has 1 aliphatic rings. The highest BCUT2D eigenvalue weighted by Crippen LogP contribution is 2.15. The first-order valence-electron chi connectivity index (χ1n) is 7.38. The lowest BCUT2D eigenvalue weighted by molar-refractivity contribution is -0.0444. The molecule has 2 atom stereocenters. The number of rotatable bonds is 6. The summed E-state index contributed by atoms with van der Waals surface area (Å²) >= 11 is 0. The van der Waals surface area contributed by atoms with E-state index in [0.717, 1.165) is 11.1 Å². The van der Waals surface area contributed by atoms with Crippen LogP contribution in [0.4, 0.5) is 0 Å². The van der Waals surface area contributed by atoms with E-state index >= 15 is 0 Å². The molecule has 7 heteroatoms. The van der Waals surface area contributed by atoms with E-state index in [4.69, 9.17) is 9.47 Å². The van der Waals surface area contributed by atoms with Gasteiger partial charge in [0.1, 0.15) is 0 Å². The predicted molar refractivity (Wildman–Crippen MR) is 84.5 cm³/mol. The third-order valence-corrected chi connectivity index (χ3v) is 5.08. The topological polar surface area (TPSA) is 67.9 Å². The van der Waals surface area contributed by atoms with Crippen LogP contribution in [-0.2, 0) is 32.8 Å². The molecular weight excluding hydrogens is 304 g/mol. The van der Waals surface area contributed by atoms with Crippen molar-refractivity contribution in [3.05, 3.63) is 35.4 Å². The van der Waals surface area contributed by atoms with Crippen LogP contribution in [0.3, 0.4) is 0 Å². The second kappa shape index (κ2) is 7.52. The summed E-state index contributed by atoms with van der Waals surface area (Å²) in [5, 5.41) is 0. The van der Waals surface area contributed by atoms with Gasteiger partial charge >= 0.3 is 0 Å². The molecule has 0 radical (unpaired) electrons. The minimum atomic E-state index is -3.52. The van der Waals surface area contributed by atoms with Crippen molar-refractivity contribution in [2.75, 3.05) is 20.2 Å². The Kier molecular flexibility index (Phi) is 5.94. The van der Waals surface area contributed by atoms with Crippen LogP contribution in [0.25, 0.3) is 0 Å². The van der Waals surface area contributed by atoms with Crippen LogP contribution in [0, 0.1) is 0 Å². The van der Waals surface area contributed by atoms with Crippen molar-refractivity contribution >= 4 is 10.2 Å². The number of nitrogens with one attached hydrogen (secondary N) is 1. The molecule has 22 heavy (non-hydrogen) atoms. The highest BCUT2D eigenvalue weighted by Gasteiger charge is 2.30. The van der Waals surface area contributed by atoms with Gasteiger partial charge in [-0.3, -0.25) is 0 Å². The maximum atomic E-state index is 12.4. The van der Waals surface area contributed by atoms with Crippen molar-refractivity contribution < 1.29 is 17.9 Å². The van der Waals surface area contributed by atoms with Crippen LogP contribution in [-0.4, -0.2) is 45.1 Å². The van der Waals surface area contributed by atoms with Crippen molar-refractivity contribution in [3.8, 4) is 0 Å². The van der Waals surface area contributed by atoms with Gasteiger partial charge in [0.15, 0.2) is 0 Å². The third-order valence-electron chi connectivity index (χ3n) is 3.59. The Hall–Kier alpha value is -0.990. The SMILES string of the molecule is COCc1ccccc1CNS(=O)(=O)N1C[C@@H](C)O[C@H](C)C1. The molecule has 0 amide bonds. The zero-order valence-electron chi connectivity index (χ0n) is 13.3. The number of nitrogens with zero attached hydrogens (tertiary/aromatic N) is 1. The Bertz CT molecular complexity index is 581. The minimum Gasteiger partial charge on any atom is -0.380 e. The molecular formula is C15H24N2O4S. The number of morpholine rings is 1. The Balaban J connectivity index is 2.04. The summed E-state index contributed by atoms with van der Waals surface area (Å²) in [7, 11) is -1.89. The van der Waals surface area contributed by atoms with E-state index in [1.807, 2.05) is 38.1 Å². The Morgan fingerprint density at radius 1 is 1.23 bits per heavy atom. The van der Waals surface area contributed by atoms with Gasteiger partial charge in [-0.05, 0) is 25.0 Å². The second-order valence-electron chi connectivity index (χ2n) is 5.60. The van der Waals surface area contributed by atoms with Crippen molar-refractivity contribution in [1.29, 1.82) is 0 Å². The fourth-order valence-electron chi connectivity index (χ4n) is 2.61. The van der Waals surface area contributed by atoms with E-state index in [1.165, 1.54) is 4.31 Å². The van der Waals surface area contributed by atoms with Gasteiger partial charge in [-0.15, -0.1) is 0 Å². The van der Waals surface area contributed by atoms with Crippen LogP contribution in [0.15, 0.2) is 24.3 Å². The van der Waals surface area contributed by atoms with E-state index in [-0.39, 0.29) is 18.8 Å². The van der Waals surface area contributed by atoms with E-state index < -0.39 is 10.2 Å². The number of hydrogen-bond acceptors (Lipinski definition) is 4. The number of methoxy groups -OCH3 is 1. The molecule has 1 aromatic rings. The summed E-state index contributed by atoms with van der Waals surface area (Å²) in [6, 6.07) is 7.65. The number of hydrogen-bond donors (Lipinski definition) is 1. The van der Waals surface area contributed by atoms with Crippen molar-refractivity contribution in [2.45, 2.75) is 39.2 Å². The highest BCUT2D eigenvalue weighted by atomic mass is 32.2.